The van der Waals surface area contributed by atoms with Gasteiger partial charge in [-0.3, -0.25) is 0 Å². The zero-order chi connectivity index (χ0) is 13.0. The fourth-order valence-corrected chi connectivity index (χ4v) is 2.65. The molecule has 0 amide bonds. The van der Waals surface area contributed by atoms with Gasteiger partial charge in [-0.25, -0.2) is 4.39 Å². The van der Waals surface area contributed by atoms with E-state index >= 15 is 0 Å². The maximum Gasteiger partial charge on any atom is 0.128 e. The van der Waals surface area contributed by atoms with Crippen LogP contribution in [0.1, 0.15) is 37.7 Å². The summed E-state index contributed by atoms with van der Waals surface area (Å²) in [5.41, 5.74) is 1.38. The number of halogens is 1. The number of aliphatic hydroxyl groups excluding tert-OH is 1. The Labute approximate surface area is 108 Å². The number of aryl methyl sites for hydroxylation is 1. The molecule has 100 valence electrons. The number of hydrogen-bond acceptors (Lipinski definition) is 2. The van der Waals surface area contributed by atoms with Gasteiger partial charge in [0.05, 0.1) is 6.10 Å². The first kappa shape index (κ1) is 13.3. The van der Waals surface area contributed by atoms with Gasteiger partial charge in [0.25, 0.3) is 0 Å². The molecule has 2 nitrogen and oxygen atoms in total. The Balaban J connectivity index is 1.77. The van der Waals surface area contributed by atoms with E-state index in [1.165, 1.54) is 31.7 Å². The molecule has 1 aromatic carbocycles. The van der Waals surface area contributed by atoms with Gasteiger partial charge in [0.2, 0.25) is 0 Å². The lowest BCUT2D eigenvalue weighted by Crippen LogP contribution is -2.22. The van der Waals surface area contributed by atoms with Gasteiger partial charge in [-0.2, -0.15) is 0 Å². The molecule has 1 aliphatic rings. The minimum absolute atomic E-state index is 0.203. The smallest absolute Gasteiger partial charge is 0.128 e. The summed E-state index contributed by atoms with van der Waals surface area (Å²) in [4.78, 5) is 0. The Hall–Kier alpha value is -1.09. The van der Waals surface area contributed by atoms with E-state index in [0.29, 0.717) is 18.0 Å². The topological polar surface area (TPSA) is 32.3 Å². The van der Waals surface area contributed by atoms with Gasteiger partial charge < -0.3 is 10.4 Å². The van der Waals surface area contributed by atoms with E-state index in [9.17, 15) is 9.50 Å². The molecule has 0 aliphatic heterocycles. The normalized spacial score (nSPS) is 17.9. The third-order valence-corrected chi connectivity index (χ3v) is 3.79. The lowest BCUT2D eigenvalue weighted by molar-refractivity contribution is 0.155. The SMILES string of the molecule is Cc1ccc(NCC(O)CC2CCCC2)cc1F. The molecule has 2 rings (SSSR count). The standard InChI is InChI=1S/C15H22FNO/c1-11-6-7-13(9-15(11)16)17-10-14(18)8-12-4-2-3-5-12/h6-7,9,12,14,17-18H,2-5,8,10H2,1H3. The first-order valence-corrected chi connectivity index (χ1v) is 6.83. The van der Waals surface area contributed by atoms with Crippen LogP contribution in [0.25, 0.3) is 0 Å². The quantitative estimate of drug-likeness (QED) is 0.839. The van der Waals surface area contributed by atoms with Crippen LogP contribution in [-0.4, -0.2) is 17.8 Å². The molecule has 0 radical (unpaired) electrons. The highest BCUT2D eigenvalue weighted by Crippen LogP contribution is 2.28. The van der Waals surface area contributed by atoms with Gasteiger partial charge in [-0.05, 0) is 37.0 Å². The predicted molar refractivity (Wildman–Crippen MR) is 72.2 cm³/mol. The molecular weight excluding hydrogens is 229 g/mol. The number of aliphatic hydroxyl groups is 1. The summed E-state index contributed by atoms with van der Waals surface area (Å²) in [5.74, 6) is 0.474. The minimum Gasteiger partial charge on any atom is -0.391 e. The molecule has 0 saturated heterocycles. The van der Waals surface area contributed by atoms with Crippen LogP contribution in [0.2, 0.25) is 0 Å². The van der Waals surface area contributed by atoms with Crippen molar-refractivity contribution < 1.29 is 9.50 Å². The molecule has 0 spiro atoms. The molecule has 1 unspecified atom stereocenters. The third-order valence-electron chi connectivity index (χ3n) is 3.79. The predicted octanol–water partition coefficient (Wildman–Crippen LogP) is 3.49. The van der Waals surface area contributed by atoms with Crippen LogP contribution in [-0.2, 0) is 0 Å². The molecule has 1 saturated carbocycles. The molecule has 1 aromatic rings. The number of hydrogen-bond donors (Lipinski definition) is 2. The van der Waals surface area contributed by atoms with Crippen LogP contribution in [0.5, 0.6) is 0 Å². The maximum atomic E-state index is 13.3. The molecule has 1 fully saturated rings. The molecule has 0 heterocycles. The molecule has 3 heteroatoms. The lowest BCUT2D eigenvalue weighted by Gasteiger charge is -2.16. The van der Waals surface area contributed by atoms with Crippen LogP contribution in [0.15, 0.2) is 18.2 Å². The average molecular weight is 251 g/mol. The lowest BCUT2D eigenvalue weighted by atomic mass is 10.00. The van der Waals surface area contributed by atoms with Crippen LogP contribution >= 0.6 is 0 Å². The molecule has 0 aromatic heterocycles. The van der Waals surface area contributed by atoms with Crippen molar-refractivity contribution in [1.82, 2.24) is 0 Å². The van der Waals surface area contributed by atoms with Gasteiger partial charge in [0.1, 0.15) is 5.82 Å². The fourth-order valence-electron chi connectivity index (χ4n) is 2.65. The zero-order valence-corrected chi connectivity index (χ0v) is 11.0. The van der Waals surface area contributed by atoms with E-state index in [-0.39, 0.29) is 11.9 Å². The Morgan fingerprint density at radius 1 is 1.39 bits per heavy atom. The molecule has 1 atom stereocenters. The van der Waals surface area contributed by atoms with Crippen molar-refractivity contribution in [3.8, 4) is 0 Å². The van der Waals surface area contributed by atoms with Gasteiger partial charge in [0, 0.05) is 12.2 Å². The van der Waals surface area contributed by atoms with E-state index in [4.69, 9.17) is 0 Å². The van der Waals surface area contributed by atoms with Crippen molar-refractivity contribution in [2.24, 2.45) is 5.92 Å². The Morgan fingerprint density at radius 2 is 2.11 bits per heavy atom. The van der Waals surface area contributed by atoms with E-state index < -0.39 is 0 Å². The highest BCUT2D eigenvalue weighted by molar-refractivity contribution is 5.45. The van der Waals surface area contributed by atoms with E-state index in [1.54, 1.807) is 13.0 Å². The Morgan fingerprint density at radius 3 is 2.78 bits per heavy atom. The van der Waals surface area contributed by atoms with Gasteiger partial charge in [-0.15, -0.1) is 0 Å². The molecule has 18 heavy (non-hydrogen) atoms. The average Bonchev–Trinajstić information content (AvgIpc) is 2.83. The third kappa shape index (κ3) is 3.70. The van der Waals surface area contributed by atoms with Crippen molar-refractivity contribution in [3.05, 3.63) is 29.6 Å². The van der Waals surface area contributed by atoms with Crippen molar-refractivity contribution >= 4 is 5.69 Å². The van der Waals surface area contributed by atoms with Crippen LogP contribution in [0, 0.1) is 18.7 Å². The van der Waals surface area contributed by atoms with Crippen LogP contribution < -0.4 is 5.32 Å². The fraction of sp³-hybridized carbons (Fsp3) is 0.600. The molecule has 2 N–H and O–H groups in total. The molecule has 0 bridgehead atoms. The second-order valence-corrected chi connectivity index (χ2v) is 5.38. The highest BCUT2D eigenvalue weighted by Gasteiger charge is 2.18. The number of benzene rings is 1. The van der Waals surface area contributed by atoms with Crippen molar-refractivity contribution in [3.63, 3.8) is 0 Å². The molecular formula is C15H22FNO. The van der Waals surface area contributed by atoms with E-state index in [0.717, 1.165) is 12.1 Å². The maximum absolute atomic E-state index is 13.3. The summed E-state index contributed by atoms with van der Waals surface area (Å²) in [5, 5.41) is 13.0. The highest BCUT2D eigenvalue weighted by atomic mass is 19.1. The number of nitrogens with one attached hydrogen (secondary N) is 1. The van der Waals surface area contributed by atoms with Crippen molar-refractivity contribution in [2.75, 3.05) is 11.9 Å². The van der Waals surface area contributed by atoms with Gasteiger partial charge in [0.15, 0.2) is 0 Å². The van der Waals surface area contributed by atoms with E-state index in [1.807, 2.05) is 6.07 Å². The summed E-state index contributed by atoms with van der Waals surface area (Å²) in [6.07, 6.45) is 5.62. The summed E-state index contributed by atoms with van der Waals surface area (Å²) >= 11 is 0. The second-order valence-electron chi connectivity index (χ2n) is 5.38. The van der Waals surface area contributed by atoms with Crippen LogP contribution in [0.4, 0.5) is 10.1 Å². The van der Waals surface area contributed by atoms with Crippen molar-refractivity contribution in [1.29, 1.82) is 0 Å². The summed E-state index contributed by atoms with van der Waals surface area (Å²) in [7, 11) is 0. The minimum atomic E-state index is -0.336. The zero-order valence-electron chi connectivity index (χ0n) is 11.0. The number of anilines is 1. The van der Waals surface area contributed by atoms with Gasteiger partial charge >= 0.3 is 0 Å². The van der Waals surface area contributed by atoms with Crippen molar-refractivity contribution in [2.45, 2.75) is 45.1 Å². The van der Waals surface area contributed by atoms with E-state index in [2.05, 4.69) is 5.32 Å². The largest absolute Gasteiger partial charge is 0.391 e. The first-order valence-electron chi connectivity index (χ1n) is 6.83. The second kappa shape index (κ2) is 6.19. The summed E-state index contributed by atoms with van der Waals surface area (Å²) in [6, 6.07) is 5.08. The monoisotopic (exact) mass is 251 g/mol. The first-order chi connectivity index (χ1) is 8.65. The number of rotatable bonds is 5. The summed E-state index contributed by atoms with van der Waals surface area (Å²) in [6.45, 7) is 2.24. The Kier molecular flexibility index (Phi) is 4.59. The van der Waals surface area contributed by atoms with Gasteiger partial charge in [-0.1, -0.05) is 31.7 Å². The Bertz CT molecular complexity index is 388. The summed E-state index contributed by atoms with van der Waals surface area (Å²) < 4.78 is 13.3. The molecule has 1 aliphatic carbocycles. The van der Waals surface area contributed by atoms with Crippen LogP contribution in [0.3, 0.4) is 0 Å².